The Bertz CT molecular complexity index is 456. The van der Waals surface area contributed by atoms with E-state index < -0.39 is 5.54 Å². The molecule has 0 radical (unpaired) electrons. The van der Waals surface area contributed by atoms with Gasteiger partial charge < -0.3 is 9.47 Å². The van der Waals surface area contributed by atoms with Crippen LogP contribution in [0.1, 0.15) is 40.0 Å². The minimum atomic E-state index is -0.476. The summed E-state index contributed by atoms with van der Waals surface area (Å²) < 4.78 is 11.4. The average molecular weight is 290 g/mol. The first-order chi connectivity index (χ1) is 10.1. The fourth-order valence-corrected chi connectivity index (χ4v) is 2.08. The van der Waals surface area contributed by atoms with E-state index in [-0.39, 0.29) is 0 Å². The first-order valence-electron chi connectivity index (χ1n) is 7.66. The lowest BCUT2D eigenvalue weighted by Gasteiger charge is -2.22. The van der Waals surface area contributed by atoms with Gasteiger partial charge in [-0.3, -0.25) is 5.32 Å². The van der Waals surface area contributed by atoms with Crippen LogP contribution in [0.5, 0.6) is 11.5 Å². The summed E-state index contributed by atoms with van der Waals surface area (Å²) in [5, 5.41) is 12.4. The summed E-state index contributed by atoms with van der Waals surface area (Å²) >= 11 is 0. The molecule has 0 amide bonds. The summed E-state index contributed by atoms with van der Waals surface area (Å²) in [5.74, 6) is 1.56. The van der Waals surface area contributed by atoms with Crippen molar-refractivity contribution in [2.24, 2.45) is 0 Å². The summed E-state index contributed by atoms with van der Waals surface area (Å²) in [7, 11) is 0. The van der Waals surface area contributed by atoms with E-state index in [1.165, 1.54) is 0 Å². The van der Waals surface area contributed by atoms with Gasteiger partial charge in [0.25, 0.3) is 0 Å². The number of benzene rings is 1. The van der Waals surface area contributed by atoms with Crippen LogP contribution in [0, 0.1) is 11.3 Å². The van der Waals surface area contributed by atoms with Crippen LogP contribution in [-0.4, -0.2) is 25.3 Å². The van der Waals surface area contributed by atoms with Gasteiger partial charge in [-0.15, -0.1) is 0 Å². The molecular formula is C17H26N2O2. The number of para-hydroxylation sites is 2. The van der Waals surface area contributed by atoms with Crippen molar-refractivity contribution in [2.45, 2.75) is 45.6 Å². The third-order valence-corrected chi connectivity index (χ3v) is 3.20. The highest BCUT2D eigenvalue weighted by Gasteiger charge is 2.21. The Kier molecular flexibility index (Phi) is 7.63. The number of rotatable bonds is 10. The molecule has 0 saturated heterocycles. The molecule has 1 atom stereocenters. The van der Waals surface area contributed by atoms with E-state index in [4.69, 9.17) is 9.47 Å². The second kappa shape index (κ2) is 9.25. The number of hydrogen-bond donors (Lipinski definition) is 1. The SMILES string of the molecule is CCCOc1ccccc1OCCCC(C)(C#N)NCC. The second-order valence-corrected chi connectivity index (χ2v) is 5.22. The zero-order valence-electron chi connectivity index (χ0n) is 13.3. The molecular weight excluding hydrogens is 264 g/mol. The summed E-state index contributed by atoms with van der Waals surface area (Å²) in [5.41, 5.74) is -0.476. The monoisotopic (exact) mass is 290 g/mol. The van der Waals surface area contributed by atoms with Crippen molar-refractivity contribution >= 4 is 0 Å². The van der Waals surface area contributed by atoms with Crippen molar-refractivity contribution in [1.29, 1.82) is 5.26 Å². The Labute approximate surface area is 128 Å². The average Bonchev–Trinajstić information content (AvgIpc) is 2.51. The smallest absolute Gasteiger partial charge is 0.161 e. The van der Waals surface area contributed by atoms with Crippen LogP contribution >= 0.6 is 0 Å². The van der Waals surface area contributed by atoms with Gasteiger partial charge in [-0.1, -0.05) is 26.0 Å². The van der Waals surface area contributed by atoms with Crippen LogP contribution in [0.3, 0.4) is 0 Å². The molecule has 4 nitrogen and oxygen atoms in total. The zero-order valence-corrected chi connectivity index (χ0v) is 13.3. The van der Waals surface area contributed by atoms with E-state index >= 15 is 0 Å². The van der Waals surface area contributed by atoms with Crippen LogP contribution in [0.4, 0.5) is 0 Å². The maximum Gasteiger partial charge on any atom is 0.161 e. The Balaban J connectivity index is 2.44. The first-order valence-corrected chi connectivity index (χ1v) is 7.66. The fraction of sp³-hybridized carbons (Fsp3) is 0.588. The number of hydrogen-bond acceptors (Lipinski definition) is 4. The van der Waals surface area contributed by atoms with E-state index in [9.17, 15) is 5.26 Å². The third kappa shape index (κ3) is 6.05. The van der Waals surface area contributed by atoms with Crippen LogP contribution in [0.15, 0.2) is 24.3 Å². The van der Waals surface area contributed by atoms with Crippen LogP contribution < -0.4 is 14.8 Å². The molecule has 1 unspecified atom stereocenters. The molecule has 0 heterocycles. The molecule has 1 N–H and O–H groups in total. The first kappa shape index (κ1) is 17.3. The van der Waals surface area contributed by atoms with Crippen LogP contribution in [0.2, 0.25) is 0 Å². The summed E-state index contributed by atoms with van der Waals surface area (Å²) in [6.45, 7) is 8.07. The minimum Gasteiger partial charge on any atom is -0.490 e. The van der Waals surface area contributed by atoms with E-state index in [0.717, 1.165) is 37.3 Å². The number of nitriles is 1. The molecule has 21 heavy (non-hydrogen) atoms. The van der Waals surface area contributed by atoms with Gasteiger partial charge in [0.2, 0.25) is 0 Å². The van der Waals surface area contributed by atoms with Gasteiger partial charge in [-0.05, 0) is 44.9 Å². The number of ether oxygens (including phenoxy) is 2. The van der Waals surface area contributed by atoms with Gasteiger partial charge in [-0.2, -0.15) is 5.26 Å². The van der Waals surface area contributed by atoms with Crippen LogP contribution in [0.25, 0.3) is 0 Å². The maximum atomic E-state index is 9.20. The molecule has 1 rings (SSSR count). The summed E-state index contributed by atoms with van der Waals surface area (Å²) in [6.07, 6.45) is 2.55. The van der Waals surface area contributed by atoms with Crippen molar-refractivity contribution in [1.82, 2.24) is 5.32 Å². The zero-order chi connectivity index (χ0) is 15.6. The Morgan fingerprint density at radius 2 is 1.76 bits per heavy atom. The van der Waals surface area contributed by atoms with E-state index in [1.807, 2.05) is 38.1 Å². The maximum absolute atomic E-state index is 9.20. The molecule has 0 spiro atoms. The van der Waals surface area contributed by atoms with Crippen molar-refractivity contribution in [3.8, 4) is 17.6 Å². The quantitative estimate of drug-likeness (QED) is 0.670. The molecule has 0 fully saturated rings. The van der Waals surface area contributed by atoms with Gasteiger partial charge in [0.1, 0.15) is 5.54 Å². The standard InChI is InChI=1S/C17H26N2O2/c1-4-12-20-15-9-6-7-10-16(15)21-13-8-11-17(3,14-18)19-5-2/h6-7,9-10,19H,4-5,8,11-13H2,1-3H3. The van der Waals surface area contributed by atoms with Gasteiger partial charge in [0, 0.05) is 0 Å². The lowest BCUT2D eigenvalue weighted by Crippen LogP contribution is -2.40. The lowest BCUT2D eigenvalue weighted by molar-refractivity contribution is 0.255. The highest BCUT2D eigenvalue weighted by atomic mass is 16.5. The Morgan fingerprint density at radius 3 is 2.29 bits per heavy atom. The Morgan fingerprint density at radius 1 is 1.14 bits per heavy atom. The molecule has 1 aromatic carbocycles. The molecule has 1 aromatic rings. The Hall–Kier alpha value is -1.73. The lowest BCUT2D eigenvalue weighted by atomic mass is 9.98. The number of nitrogens with zero attached hydrogens (tertiary/aromatic N) is 1. The highest BCUT2D eigenvalue weighted by Crippen LogP contribution is 2.27. The van der Waals surface area contributed by atoms with Crippen LogP contribution in [-0.2, 0) is 0 Å². The minimum absolute atomic E-state index is 0.476. The van der Waals surface area contributed by atoms with Gasteiger partial charge in [0.05, 0.1) is 19.3 Å². The molecule has 0 bridgehead atoms. The van der Waals surface area contributed by atoms with Gasteiger partial charge >= 0.3 is 0 Å². The normalized spacial score (nSPS) is 13.2. The van der Waals surface area contributed by atoms with E-state index in [2.05, 4.69) is 18.3 Å². The predicted molar refractivity (Wildman–Crippen MR) is 84.7 cm³/mol. The molecule has 0 aliphatic carbocycles. The van der Waals surface area contributed by atoms with E-state index in [1.54, 1.807) is 0 Å². The molecule has 4 heteroatoms. The van der Waals surface area contributed by atoms with Gasteiger partial charge in [0.15, 0.2) is 11.5 Å². The molecule has 0 aromatic heterocycles. The largest absolute Gasteiger partial charge is 0.490 e. The summed E-state index contributed by atoms with van der Waals surface area (Å²) in [4.78, 5) is 0. The number of nitrogens with one attached hydrogen (secondary N) is 1. The third-order valence-electron chi connectivity index (χ3n) is 3.20. The predicted octanol–water partition coefficient (Wildman–Crippen LogP) is 3.53. The molecule has 0 saturated carbocycles. The van der Waals surface area contributed by atoms with E-state index in [0.29, 0.717) is 13.2 Å². The highest BCUT2D eigenvalue weighted by molar-refractivity contribution is 5.39. The second-order valence-electron chi connectivity index (χ2n) is 5.22. The molecule has 116 valence electrons. The van der Waals surface area contributed by atoms with Crippen molar-refractivity contribution in [3.05, 3.63) is 24.3 Å². The molecule has 0 aliphatic rings. The van der Waals surface area contributed by atoms with Crippen molar-refractivity contribution in [3.63, 3.8) is 0 Å². The van der Waals surface area contributed by atoms with Crippen molar-refractivity contribution < 1.29 is 9.47 Å². The topological polar surface area (TPSA) is 54.3 Å². The summed E-state index contributed by atoms with van der Waals surface area (Å²) in [6, 6.07) is 10.0. The van der Waals surface area contributed by atoms with Crippen molar-refractivity contribution in [2.75, 3.05) is 19.8 Å². The fourth-order valence-electron chi connectivity index (χ4n) is 2.08. The molecule has 0 aliphatic heterocycles. The van der Waals surface area contributed by atoms with Gasteiger partial charge in [-0.25, -0.2) is 0 Å².